The number of esters is 1. The molecule has 0 aliphatic carbocycles. The minimum atomic E-state index is -0.956. The molecule has 3 rings (SSSR count). The van der Waals surface area contributed by atoms with Gasteiger partial charge in [0.25, 0.3) is 5.75 Å². The highest BCUT2D eigenvalue weighted by Crippen LogP contribution is 2.50. The fraction of sp³-hybridized carbons (Fsp3) is 0.118. The van der Waals surface area contributed by atoms with Crippen LogP contribution in [0.1, 0.15) is 6.92 Å². The zero-order chi connectivity index (χ0) is 21.3. The molecule has 1 aromatic heterocycles. The third kappa shape index (κ3) is 3.50. The van der Waals surface area contributed by atoms with E-state index in [2.05, 4.69) is 9.97 Å². The number of rotatable bonds is 5. The number of halogens is 1. The molecule has 2 aromatic carbocycles. The summed E-state index contributed by atoms with van der Waals surface area (Å²) >= 11 is 6.19. The Balaban J connectivity index is 2.55. The Bertz CT molecular complexity index is 1170. The van der Waals surface area contributed by atoms with Gasteiger partial charge in [-0.2, -0.15) is 0 Å². The van der Waals surface area contributed by atoms with Gasteiger partial charge in [-0.05, 0) is 0 Å². The Kier molecular flexibility index (Phi) is 5.24. The second-order valence-corrected chi connectivity index (χ2v) is 5.95. The molecule has 0 bridgehead atoms. The molecule has 0 unspecified atom stereocenters. The number of fused-ring (bicyclic) bond motifs is 1. The Labute approximate surface area is 167 Å². The van der Waals surface area contributed by atoms with E-state index >= 15 is 0 Å². The molecule has 0 saturated carbocycles. The van der Waals surface area contributed by atoms with Gasteiger partial charge in [-0.1, -0.05) is 41.9 Å². The van der Waals surface area contributed by atoms with Crippen LogP contribution >= 0.6 is 11.6 Å². The topological polar surface area (TPSA) is 148 Å². The van der Waals surface area contributed by atoms with E-state index in [4.69, 9.17) is 21.1 Å². The Hall–Kier alpha value is -3.86. The minimum absolute atomic E-state index is 0.0990. The first kappa shape index (κ1) is 19.9. The highest BCUT2D eigenvalue weighted by Gasteiger charge is 2.39. The lowest BCUT2D eigenvalue weighted by Gasteiger charge is -2.12. The van der Waals surface area contributed by atoms with E-state index in [1.54, 1.807) is 30.3 Å². The SMILES string of the molecule is COc1c([N+](=O)[O-])c(OC(C)=O)c2nc(-c3ccccc3)c(Cl)nc2c1[N+](=O)[O-]. The highest BCUT2D eigenvalue weighted by molar-refractivity contribution is 6.32. The molecule has 0 fully saturated rings. The van der Waals surface area contributed by atoms with E-state index in [1.807, 2.05) is 0 Å². The quantitative estimate of drug-likeness (QED) is 0.261. The van der Waals surface area contributed by atoms with E-state index in [1.165, 1.54) is 0 Å². The maximum absolute atomic E-state index is 11.7. The fourth-order valence-electron chi connectivity index (χ4n) is 2.72. The number of hydrogen-bond acceptors (Lipinski definition) is 9. The average molecular weight is 419 g/mol. The molecular weight excluding hydrogens is 408 g/mol. The van der Waals surface area contributed by atoms with Crippen LogP contribution in [0.4, 0.5) is 11.4 Å². The van der Waals surface area contributed by atoms with Crippen molar-refractivity contribution in [1.29, 1.82) is 0 Å². The predicted molar refractivity (Wildman–Crippen MR) is 101 cm³/mol. The van der Waals surface area contributed by atoms with Gasteiger partial charge in [-0.15, -0.1) is 0 Å². The number of carbonyl (C=O) groups is 1. The molecule has 11 nitrogen and oxygen atoms in total. The summed E-state index contributed by atoms with van der Waals surface area (Å²) in [5.41, 5.74) is -1.93. The Morgan fingerprint density at radius 3 is 2.14 bits per heavy atom. The van der Waals surface area contributed by atoms with Crippen LogP contribution < -0.4 is 9.47 Å². The van der Waals surface area contributed by atoms with E-state index in [0.29, 0.717) is 5.56 Å². The molecule has 0 amide bonds. The van der Waals surface area contributed by atoms with Crippen molar-refractivity contribution < 1.29 is 24.1 Å². The summed E-state index contributed by atoms with van der Waals surface area (Å²) in [6, 6.07) is 8.45. The molecular formula is C17H11ClN4O7. The first-order valence-corrected chi connectivity index (χ1v) is 8.27. The third-order valence-electron chi connectivity index (χ3n) is 3.80. The molecule has 29 heavy (non-hydrogen) atoms. The predicted octanol–water partition coefficient (Wildman–Crippen LogP) is 3.70. The van der Waals surface area contributed by atoms with Gasteiger partial charge in [0.1, 0.15) is 11.2 Å². The smallest absolute Gasteiger partial charge is 0.362 e. The summed E-state index contributed by atoms with van der Waals surface area (Å²) < 4.78 is 9.90. The van der Waals surface area contributed by atoms with Gasteiger partial charge in [0.2, 0.25) is 5.75 Å². The first-order chi connectivity index (χ1) is 13.8. The number of methoxy groups -OCH3 is 1. The summed E-state index contributed by atoms with van der Waals surface area (Å²) in [7, 11) is 1.01. The van der Waals surface area contributed by atoms with Crippen molar-refractivity contribution in [2.75, 3.05) is 7.11 Å². The second kappa shape index (κ2) is 7.64. The molecule has 3 aromatic rings. The fourth-order valence-corrected chi connectivity index (χ4v) is 2.96. The molecule has 1 heterocycles. The molecule has 148 valence electrons. The average Bonchev–Trinajstić information content (AvgIpc) is 2.66. The van der Waals surface area contributed by atoms with Gasteiger partial charge in [0.05, 0.1) is 17.0 Å². The van der Waals surface area contributed by atoms with Crippen molar-refractivity contribution in [2.24, 2.45) is 0 Å². The number of aromatic nitrogens is 2. The number of ether oxygens (including phenoxy) is 2. The van der Waals surface area contributed by atoms with Gasteiger partial charge in [-0.25, -0.2) is 9.97 Å². The number of nitrogens with zero attached hydrogens (tertiary/aromatic N) is 4. The zero-order valence-corrected chi connectivity index (χ0v) is 15.7. The molecule has 0 spiro atoms. The molecule has 0 radical (unpaired) electrons. The maximum atomic E-state index is 11.7. The minimum Gasteiger partial charge on any atom is -0.485 e. The van der Waals surface area contributed by atoms with Crippen molar-refractivity contribution in [3.63, 3.8) is 0 Å². The summed E-state index contributed by atoms with van der Waals surface area (Å²) in [4.78, 5) is 41.3. The first-order valence-electron chi connectivity index (χ1n) is 7.90. The van der Waals surface area contributed by atoms with Gasteiger partial charge in [0.15, 0.2) is 10.7 Å². The third-order valence-corrected chi connectivity index (χ3v) is 4.06. The van der Waals surface area contributed by atoms with Gasteiger partial charge in [0, 0.05) is 12.5 Å². The number of hydrogen-bond donors (Lipinski definition) is 0. The Morgan fingerprint density at radius 1 is 1.00 bits per heavy atom. The van der Waals surface area contributed by atoms with Crippen LogP contribution in [0.3, 0.4) is 0 Å². The van der Waals surface area contributed by atoms with Crippen LogP contribution in [-0.2, 0) is 4.79 Å². The van der Waals surface area contributed by atoms with Crippen molar-refractivity contribution in [1.82, 2.24) is 9.97 Å². The van der Waals surface area contributed by atoms with E-state index in [9.17, 15) is 25.0 Å². The van der Waals surface area contributed by atoms with Crippen molar-refractivity contribution in [3.8, 4) is 22.8 Å². The van der Waals surface area contributed by atoms with E-state index in [0.717, 1.165) is 14.0 Å². The number of carbonyl (C=O) groups excluding carboxylic acids is 1. The number of benzene rings is 2. The van der Waals surface area contributed by atoms with Crippen LogP contribution in [-0.4, -0.2) is 32.9 Å². The molecule has 0 aliphatic heterocycles. The van der Waals surface area contributed by atoms with E-state index in [-0.39, 0.29) is 16.4 Å². The van der Waals surface area contributed by atoms with Crippen molar-refractivity contribution in [2.45, 2.75) is 6.92 Å². The largest absolute Gasteiger partial charge is 0.485 e. The lowest BCUT2D eigenvalue weighted by molar-refractivity contribution is -0.395. The molecule has 0 N–H and O–H groups in total. The molecule has 0 atom stereocenters. The summed E-state index contributed by atoms with van der Waals surface area (Å²) in [5.74, 6) is -2.26. The molecule has 0 saturated heterocycles. The van der Waals surface area contributed by atoms with Gasteiger partial charge in [-0.3, -0.25) is 25.0 Å². The van der Waals surface area contributed by atoms with Crippen LogP contribution in [0, 0.1) is 20.2 Å². The maximum Gasteiger partial charge on any atom is 0.362 e. The van der Waals surface area contributed by atoms with Crippen LogP contribution in [0.25, 0.3) is 22.3 Å². The lowest BCUT2D eigenvalue weighted by Crippen LogP contribution is -2.09. The van der Waals surface area contributed by atoms with Crippen LogP contribution in [0.15, 0.2) is 30.3 Å². The van der Waals surface area contributed by atoms with Crippen molar-refractivity contribution in [3.05, 3.63) is 55.7 Å². The zero-order valence-electron chi connectivity index (χ0n) is 14.9. The highest BCUT2D eigenvalue weighted by atomic mass is 35.5. The lowest BCUT2D eigenvalue weighted by atomic mass is 10.1. The van der Waals surface area contributed by atoms with Gasteiger partial charge < -0.3 is 9.47 Å². The Morgan fingerprint density at radius 2 is 1.62 bits per heavy atom. The second-order valence-electron chi connectivity index (χ2n) is 5.59. The number of nitro benzene ring substituents is 2. The van der Waals surface area contributed by atoms with Crippen LogP contribution in [0.5, 0.6) is 11.5 Å². The summed E-state index contributed by atoms with van der Waals surface area (Å²) in [6.07, 6.45) is 0. The molecule has 12 heteroatoms. The summed E-state index contributed by atoms with van der Waals surface area (Å²) in [5, 5.41) is 23.1. The van der Waals surface area contributed by atoms with Crippen LogP contribution in [0.2, 0.25) is 5.15 Å². The normalized spacial score (nSPS) is 10.6. The molecule has 0 aliphatic rings. The monoisotopic (exact) mass is 418 g/mol. The van der Waals surface area contributed by atoms with Gasteiger partial charge >= 0.3 is 17.3 Å². The van der Waals surface area contributed by atoms with Crippen molar-refractivity contribution >= 4 is 40.0 Å². The summed E-state index contributed by atoms with van der Waals surface area (Å²) in [6.45, 7) is 1.02. The van der Waals surface area contributed by atoms with E-state index < -0.39 is 44.2 Å². The standard InChI is InChI=1S/C17H11ClN4O7/c1-8(23)29-15-12-11(13(21(24)25)16(28-2)14(15)22(26)27)20-17(18)10(19-12)9-6-4-3-5-7-9/h3-7H,1-2H3. The number of nitro groups is 2.